The third-order valence-corrected chi connectivity index (χ3v) is 6.18. The van der Waals surface area contributed by atoms with Gasteiger partial charge in [-0.2, -0.15) is 4.68 Å². The van der Waals surface area contributed by atoms with Crippen LogP contribution in [0.3, 0.4) is 0 Å². The van der Waals surface area contributed by atoms with E-state index in [0.717, 1.165) is 42.7 Å². The molecule has 0 unspecified atom stereocenters. The number of aromatic nitrogens is 4. The lowest BCUT2D eigenvalue weighted by Gasteiger charge is -2.30. The second-order valence-corrected chi connectivity index (χ2v) is 8.03. The second-order valence-electron chi connectivity index (χ2n) is 6.95. The lowest BCUT2D eigenvalue weighted by molar-refractivity contribution is -0.131. The predicted molar refractivity (Wildman–Crippen MR) is 109 cm³/mol. The molecule has 1 amide bonds. The Labute approximate surface area is 168 Å². The summed E-state index contributed by atoms with van der Waals surface area (Å²) in [5, 5.41) is 12.5. The van der Waals surface area contributed by atoms with Gasteiger partial charge in [-0.15, -0.1) is 5.10 Å². The summed E-state index contributed by atoms with van der Waals surface area (Å²) >= 11 is 1.42. The molecule has 1 fully saturated rings. The van der Waals surface area contributed by atoms with E-state index in [-0.39, 0.29) is 11.2 Å². The summed E-state index contributed by atoms with van der Waals surface area (Å²) in [5.41, 5.74) is 2.98. The number of likely N-dealkylation sites (tertiary alicyclic amines) is 1. The van der Waals surface area contributed by atoms with E-state index in [9.17, 15) is 4.79 Å². The van der Waals surface area contributed by atoms with Crippen LogP contribution in [0.4, 0.5) is 0 Å². The number of hydrogen-bond acceptors (Lipinski definition) is 5. The lowest BCUT2D eigenvalue weighted by Crippen LogP contribution is -2.38. The van der Waals surface area contributed by atoms with Crippen molar-refractivity contribution < 1.29 is 4.79 Å². The van der Waals surface area contributed by atoms with Crippen molar-refractivity contribution in [3.05, 3.63) is 65.7 Å². The summed E-state index contributed by atoms with van der Waals surface area (Å²) in [6, 6.07) is 17.9. The first-order chi connectivity index (χ1) is 13.7. The van der Waals surface area contributed by atoms with E-state index in [2.05, 4.69) is 15.5 Å². The molecule has 0 bridgehead atoms. The van der Waals surface area contributed by atoms with E-state index in [1.807, 2.05) is 66.4 Å². The fraction of sp³-hybridized carbons (Fsp3) is 0.333. The minimum Gasteiger partial charge on any atom is -0.341 e. The highest BCUT2D eigenvalue weighted by Crippen LogP contribution is 2.37. The Kier molecular flexibility index (Phi) is 5.71. The number of amides is 1. The van der Waals surface area contributed by atoms with Crippen molar-refractivity contribution in [3.8, 4) is 5.69 Å². The molecule has 144 valence electrons. The molecular formula is C21H23N5OS. The zero-order valence-electron chi connectivity index (χ0n) is 15.9. The number of benzene rings is 2. The number of thioether (sulfide) groups is 1. The van der Waals surface area contributed by atoms with Gasteiger partial charge in [-0.05, 0) is 53.8 Å². The second kappa shape index (κ2) is 8.56. The van der Waals surface area contributed by atoms with E-state index in [4.69, 9.17) is 0 Å². The van der Waals surface area contributed by atoms with Gasteiger partial charge in [0.05, 0.1) is 5.69 Å². The molecule has 4 rings (SSSR count). The highest BCUT2D eigenvalue weighted by atomic mass is 32.2. The van der Waals surface area contributed by atoms with Crippen LogP contribution in [0.15, 0.2) is 59.8 Å². The van der Waals surface area contributed by atoms with Gasteiger partial charge in [0.1, 0.15) is 5.25 Å². The van der Waals surface area contributed by atoms with Crippen LogP contribution in [0.25, 0.3) is 5.69 Å². The number of para-hydroxylation sites is 1. The van der Waals surface area contributed by atoms with E-state index in [1.165, 1.54) is 18.2 Å². The summed E-state index contributed by atoms with van der Waals surface area (Å²) in [5.74, 6) is 0.134. The Morgan fingerprint density at radius 2 is 1.71 bits per heavy atom. The van der Waals surface area contributed by atoms with Gasteiger partial charge in [-0.3, -0.25) is 4.79 Å². The molecule has 0 aliphatic carbocycles. The van der Waals surface area contributed by atoms with Crippen LogP contribution in [0.5, 0.6) is 0 Å². The van der Waals surface area contributed by atoms with Crippen molar-refractivity contribution in [2.75, 3.05) is 13.1 Å². The van der Waals surface area contributed by atoms with Gasteiger partial charge in [0.2, 0.25) is 11.1 Å². The van der Waals surface area contributed by atoms with Gasteiger partial charge in [-0.25, -0.2) is 0 Å². The monoisotopic (exact) mass is 393 g/mol. The fourth-order valence-electron chi connectivity index (χ4n) is 3.48. The van der Waals surface area contributed by atoms with Crippen LogP contribution in [-0.2, 0) is 4.79 Å². The normalized spacial score (nSPS) is 15.4. The largest absolute Gasteiger partial charge is 0.341 e. The molecule has 6 nitrogen and oxygen atoms in total. The number of tetrazole rings is 1. The summed E-state index contributed by atoms with van der Waals surface area (Å²) in [4.78, 5) is 15.3. The molecule has 0 spiro atoms. The van der Waals surface area contributed by atoms with Gasteiger partial charge in [0.15, 0.2) is 0 Å². The van der Waals surface area contributed by atoms with E-state index in [1.54, 1.807) is 4.68 Å². The van der Waals surface area contributed by atoms with E-state index >= 15 is 0 Å². The molecule has 2 aromatic carbocycles. The summed E-state index contributed by atoms with van der Waals surface area (Å²) in [6.07, 6.45) is 3.33. The Bertz CT molecular complexity index is 937. The third kappa shape index (κ3) is 3.94. The smallest absolute Gasteiger partial charge is 0.240 e. The highest BCUT2D eigenvalue weighted by Gasteiger charge is 2.30. The Morgan fingerprint density at radius 3 is 2.46 bits per heavy atom. The zero-order valence-corrected chi connectivity index (χ0v) is 16.7. The number of aryl methyl sites for hydroxylation is 1. The maximum Gasteiger partial charge on any atom is 0.240 e. The minimum absolute atomic E-state index is 0.134. The topological polar surface area (TPSA) is 63.9 Å². The number of rotatable bonds is 5. The quantitative estimate of drug-likeness (QED) is 0.617. The van der Waals surface area contributed by atoms with Crippen molar-refractivity contribution in [1.29, 1.82) is 0 Å². The van der Waals surface area contributed by atoms with Gasteiger partial charge in [0, 0.05) is 13.1 Å². The Hall–Kier alpha value is -2.67. The maximum absolute atomic E-state index is 13.4. The van der Waals surface area contributed by atoms with Crippen molar-refractivity contribution in [2.45, 2.75) is 36.6 Å². The average Bonchev–Trinajstić information content (AvgIpc) is 3.21. The van der Waals surface area contributed by atoms with Crippen LogP contribution in [0.2, 0.25) is 0 Å². The molecule has 3 aromatic rings. The minimum atomic E-state index is -0.368. The Morgan fingerprint density at radius 1 is 1.00 bits per heavy atom. The lowest BCUT2D eigenvalue weighted by atomic mass is 10.1. The molecule has 1 atom stereocenters. The molecule has 2 heterocycles. The molecule has 0 N–H and O–H groups in total. The molecule has 7 heteroatoms. The number of hydrogen-bond donors (Lipinski definition) is 0. The van der Waals surface area contributed by atoms with Gasteiger partial charge < -0.3 is 4.90 Å². The summed E-state index contributed by atoms with van der Waals surface area (Å²) in [6.45, 7) is 3.68. The fourth-order valence-corrected chi connectivity index (χ4v) is 4.55. The van der Waals surface area contributed by atoms with Crippen LogP contribution in [0, 0.1) is 6.92 Å². The molecule has 1 saturated heterocycles. The molecular weight excluding hydrogens is 370 g/mol. The van der Waals surface area contributed by atoms with Crippen molar-refractivity contribution in [2.24, 2.45) is 0 Å². The van der Waals surface area contributed by atoms with Crippen LogP contribution >= 0.6 is 11.8 Å². The molecule has 0 radical (unpaired) electrons. The number of piperidine rings is 1. The van der Waals surface area contributed by atoms with Crippen LogP contribution < -0.4 is 0 Å². The highest BCUT2D eigenvalue weighted by molar-refractivity contribution is 8.00. The van der Waals surface area contributed by atoms with Gasteiger partial charge in [0.25, 0.3) is 0 Å². The summed E-state index contributed by atoms with van der Waals surface area (Å²) in [7, 11) is 0. The average molecular weight is 394 g/mol. The van der Waals surface area contributed by atoms with Gasteiger partial charge >= 0.3 is 0 Å². The predicted octanol–water partition coefficient (Wildman–Crippen LogP) is 3.82. The van der Waals surface area contributed by atoms with E-state index in [0.29, 0.717) is 5.16 Å². The third-order valence-electron chi connectivity index (χ3n) is 5.00. The first-order valence-electron chi connectivity index (χ1n) is 9.59. The van der Waals surface area contributed by atoms with Gasteiger partial charge in [-0.1, -0.05) is 60.3 Å². The number of nitrogens with zero attached hydrogens (tertiary/aromatic N) is 5. The van der Waals surface area contributed by atoms with Crippen molar-refractivity contribution >= 4 is 17.7 Å². The first kappa shape index (κ1) is 18.7. The van der Waals surface area contributed by atoms with Crippen LogP contribution in [-0.4, -0.2) is 44.1 Å². The Balaban J connectivity index is 1.67. The van der Waals surface area contributed by atoms with E-state index < -0.39 is 0 Å². The SMILES string of the molecule is Cc1ccccc1-n1nnnc1S[C@@H](C(=O)N1CCCCC1)c1ccccc1. The van der Waals surface area contributed by atoms with Crippen molar-refractivity contribution in [1.82, 2.24) is 25.1 Å². The molecule has 1 aliphatic heterocycles. The molecule has 1 aliphatic rings. The number of carbonyl (C=O) groups excluding carboxylic acids is 1. The van der Waals surface area contributed by atoms with Crippen LogP contribution in [0.1, 0.15) is 35.6 Å². The summed E-state index contributed by atoms with van der Waals surface area (Å²) < 4.78 is 1.72. The standard InChI is InChI=1S/C21H23N5OS/c1-16-10-6-7-13-18(16)26-21(22-23-24-26)28-19(17-11-4-2-5-12-17)20(27)25-14-8-3-9-15-25/h2,4-7,10-13,19H,3,8-9,14-15H2,1H3/t19-/m1/s1. The molecule has 0 saturated carbocycles. The van der Waals surface area contributed by atoms with Crippen molar-refractivity contribution in [3.63, 3.8) is 0 Å². The maximum atomic E-state index is 13.4. The molecule has 1 aromatic heterocycles. The first-order valence-corrected chi connectivity index (χ1v) is 10.5. The number of carbonyl (C=O) groups is 1. The zero-order chi connectivity index (χ0) is 19.3. The molecule has 28 heavy (non-hydrogen) atoms.